The molecule has 2 heterocycles. The van der Waals surface area contributed by atoms with Gasteiger partial charge >= 0.3 is 6.03 Å². The molecule has 3 rings (SSSR count). The summed E-state index contributed by atoms with van der Waals surface area (Å²) in [5.74, 6) is -0.469. The van der Waals surface area contributed by atoms with Crippen molar-refractivity contribution in [2.24, 2.45) is 0 Å². The molecule has 0 saturated carbocycles. The van der Waals surface area contributed by atoms with Gasteiger partial charge in [0.15, 0.2) is 0 Å². The molecule has 4 nitrogen and oxygen atoms in total. The molecule has 1 aromatic carbocycles. The molecule has 0 saturated heterocycles. The number of nitrogens with zero attached hydrogens (tertiary/aromatic N) is 1. The van der Waals surface area contributed by atoms with Crippen molar-refractivity contribution in [3.8, 4) is 10.4 Å². The predicted octanol–water partition coefficient (Wildman–Crippen LogP) is 4.27. The van der Waals surface area contributed by atoms with E-state index in [1.54, 1.807) is 35.9 Å². The number of hydrogen-bond donors (Lipinski definition) is 2. The van der Waals surface area contributed by atoms with Gasteiger partial charge in [-0.15, -0.1) is 11.3 Å². The average Bonchev–Trinajstić information content (AvgIpc) is 3.10. The number of halogens is 1. The Labute approximate surface area is 137 Å². The number of carbonyl (C=O) groups is 1. The van der Waals surface area contributed by atoms with Crippen LogP contribution in [0.3, 0.4) is 0 Å². The van der Waals surface area contributed by atoms with Crippen LogP contribution in [0.15, 0.2) is 60.2 Å². The molecule has 2 N–H and O–H groups in total. The summed E-state index contributed by atoms with van der Waals surface area (Å²) in [6, 6.07) is 11.5. The van der Waals surface area contributed by atoms with Gasteiger partial charge in [0.25, 0.3) is 0 Å². The van der Waals surface area contributed by atoms with E-state index < -0.39 is 11.8 Å². The van der Waals surface area contributed by atoms with Gasteiger partial charge in [-0.2, -0.15) is 0 Å². The molecule has 2 amide bonds. The number of thiophene rings is 1. The smallest absolute Gasteiger partial charge is 0.319 e. The number of benzene rings is 1. The fourth-order valence-electron chi connectivity index (χ4n) is 2.07. The molecule has 0 aliphatic carbocycles. The molecule has 116 valence electrons. The number of para-hydroxylation sites is 1. The number of hydrogen-bond acceptors (Lipinski definition) is 3. The third kappa shape index (κ3) is 3.92. The van der Waals surface area contributed by atoms with Crippen LogP contribution in [0.2, 0.25) is 0 Å². The summed E-state index contributed by atoms with van der Waals surface area (Å²) in [5.41, 5.74) is 2.03. The van der Waals surface area contributed by atoms with E-state index in [0.29, 0.717) is 6.54 Å². The number of urea groups is 1. The Hall–Kier alpha value is -2.73. The first-order valence-corrected chi connectivity index (χ1v) is 7.87. The van der Waals surface area contributed by atoms with Crippen molar-refractivity contribution in [1.29, 1.82) is 0 Å². The van der Waals surface area contributed by atoms with Gasteiger partial charge in [0.2, 0.25) is 0 Å². The zero-order chi connectivity index (χ0) is 16.1. The van der Waals surface area contributed by atoms with E-state index in [4.69, 9.17) is 0 Å². The molecule has 3 aromatic rings. The van der Waals surface area contributed by atoms with Crippen molar-refractivity contribution in [1.82, 2.24) is 10.3 Å². The highest BCUT2D eigenvalue weighted by Gasteiger charge is 2.06. The van der Waals surface area contributed by atoms with Crippen LogP contribution >= 0.6 is 11.3 Å². The third-order valence-corrected chi connectivity index (χ3v) is 4.09. The number of aromatic nitrogens is 1. The lowest BCUT2D eigenvalue weighted by atomic mass is 10.2. The highest BCUT2D eigenvalue weighted by Crippen LogP contribution is 2.24. The molecule has 0 fully saturated rings. The van der Waals surface area contributed by atoms with E-state index in [2.05, 4.69) is 15.6 Å². The van der Waals surface area contributed by atoms with Gasteiger partial charge in [-0.05, 0) is 35.2 Å². The molecule has 0 aliphatic heterocycles. The molecule has 0 bridgehead atoms. The van der Waals surface area contributed by atoms with Gasteiger partial charge in [0.05, 0.1) is 5.69 Å². The summed E-state index contributed by atoms with van der Waals surface area (Å²) in [6.07, 6.45) is 3.48. The van der Waals surface area contributed by atoms with Gasteiger partial charge in [-0.3, -0.25) is 4.98 Å². The van der Waals surface area contributed by atoms with E-state index in [9.17, 15) is 9.18 Å². The SMILES string of the molecule is O=C(NCc1cncc(-c2cccs2)c1)Nc1ccccc1F. The van der Waals surface area contributed by atoms with E-state index >= 15 is 0 Å². The quantitative estimate of drug-likeness (QED) is 0.752. The van der Waals surface area contributed by atoms with E-state index in [1.807, 2.05) is 23.6 Å². The topological polar surface area (TPSA) is 54.0 Å². The van der Waals surface area contributed by atoms with Crippen LogP contribution in [0.1, 0.15) is 5.56 Å². The molecule has 2 aromatic heterocycles. The van der Waals surface area contributed by atoms with Gasteiger partial charge in [0, 0.05) is 29.4 Å². The van der Waals surface area contributed by atoms with Crippen LogP contribution in [0.25, 0.3) is 10.4 Å². The summed E-state index contributed by atoms with van der Waals surface area (Å²) in [6.45, 7) is 0.312. The predicted molar refractivity (Wildman–Crippen MR) is 89.8 cm³/mol. The standard InChI is InChI=1S/C17H14FN3OS/c18-14-4-1-2-5-15(14)21-17(22)20-10-12-8-13(11-19-9-12)16-6-3-7-23-16/h1-9,11H,10H2,(H2,20,21,22). The Morgan fingerprint density at radius 3 is 2.83 bits per heavy atom. The monoisotopic (exact) mass is 327 g/mol. The van der Waals surface area contributed by atoms with Crippen LogP contribution in [0.4, 0.5) is 14.9 Å². The molecule has 0 atom stereocenters. The van der Waals surface area contributed by atoms with Crippen LogP contribution < -0.4 is 10.6 Å². The second kappa shape index (κ2) is 7.02. The molecule has 23 heavy (non-hydrogen) atoms. The van der Waals surface area contributed by atoms with E-state index in [-0.39, 0.29) is 5.69 Å². The third-order valence-electron chi connectivity index (χ3n) is 3.18. The summed E-state index contributed by atoms with van der Waals surface area (Å²) in [4.78, 5) is 17.2. The van der Waals surface area contributed by atoms with Crippen LogP contribution in [-0.4, -0.2) is 11.0 Å². The zero-order valence-electron chi connectivity index (χ0n) is 12.1. The average molecular weight is 327 g/mol. The van der Waals surface area contributed by atoms with E-state index in [0.717, 1.165) is 16.0 Å². The van der Waals surface area contributed by atoms with Crippen molar-refractivity contribution >= 4 is 23.1 Å². The first kappa shape index (κ1) is 15.2. The highest BCUT2D eigenvalue weighted by atomic mass is 32.1. The number of nitrogens with one attached hydrogen (secondary N) is 2. The largest absolute Gasteiger partial charge is 0.334 e. The Morgan fingerprint density at radius 2 is 2.04 bits per heavy atom. The number of pyridine rings is 1. The van der Waals surface area contributed by atoms with Gasteiger partial charge in [-0.25, -0.2) is 9.18 Å². The zero-order valence-corrected chi connectivity index (χ0v) is 12.9. The lowest BCUT2D eigenvalue weighted by Crippen LogP contribution is -2.28. The Balaban J connectivity index is 1.61. The summed E-state index contributed by atoms with van der Waals surface area (Å²) in [5, 5.41) is 7.18. The number of amides is 2. The number of carbonyl (C=O) groups excluding carboxylic acids is 1. The number of anilines is 1. The van der Waals surface area contributed by atoms with Crippen LogP contribution in [-0.2, 0) is 6.54 Å². The Morgan fingerprint density at radius 1 is 1.17 bits per heavy atom. The van der Waals surface area contributed by atoms with Crippen molar-refractivity contribution in [3.63, 3.8) is 0 Å². The lowest BCUT2D eigenvalue weighted by molar-refractivity contribution is 0.251. The molecule has 0 spiro atoms. The lowest BCUT2D eigenvalue weighted by Gasteiger charge is -2.09. The molecular weight excluding hydrogens is 313 g/mol. The molecular formula is C17H14FN3OS. The number of rotatable bonds is 4. The maximum atomic E-state index is 13.5. The van der Waals surface area contributed by atoms with Gasteiger partial charge in [-0.1, -0.05) is 18.2 Å². The van der Waals surface area contributed by atoms with Crippen LogP contribution in [0.5, 0.6) is 0 Å². The van der Waals surface area contributed by atoms with Crippen molar-refractivity contribution in [3.05, 3.63) is 71.6 Å². The first-order chi connectivity index (χ1) is 11.2. The Kier molecular flexibility index (Phi) is 4.63. The Bertz CT molecular complexity index is 805. The highest BCUT2D eigenvalue weighted by molar-refractivity contribution is 7.13. The fourth-order valence-corrected chi connectivity index (χ4v) is 2.78. The van der Waals surface area contributed by atoms with Crippen molar-refractivity contribution < 1.29 is 9.18 Å². The molecule has 0 aliphatic rings. The second-order valence-electron chi connectivity index (χ2n) is 4.85. The minimum atomic E-state index is -0.469. The molecule has 0 unspecified atom stereocenters. The first-order valence-electron chi connectivity index (χ1n) is 6.99. The minimum absolute atomic E-state index is 0.149. The molecule has 6 heteroatoms. The van der Waals surface area contributed by atoms with Gasteiger partial charge < -0.3 is 10.6 Å². The molecule has 0 radical (unpaired) electrons. The summed E-state index contributed by atoms with van der Waals surface area (Å²) >= 11 is 1.63. The normalized spacial score (nSPS) is 10.3. The van der Waals surface area contributed by atoms with Gasteiger partial charge in [0.1, 0.15) is 5.82 Å². The van der Waals surface area contributed by atoms with Crippen molar-refractivity contribution in [2.75, 3.05) is 5.32 Å². The van der Waals surface area contributed by atoms with Crippen molar-refractivity contribution in [2.45, 2.75) is 6.54 Å². The second-order valence-corrected chi connectivity index (χ2v) is 5.79. The summed E-state index contributed by atoms with van der Waals surface area (Å²) in [7, 11) is 0. The fraction of sp³-hybridized carbons (Fsp3) is 0.0588. The maximum Gasteiger partial charge on any atom is 0.319 e. The minimum Gasteiger partial charge on any atom is -0.334 e. The van der Waals surface area contributed by atoms with Crippen LogP contribution in [0, 0.1) is 5.82 Å². The summed E-state index contributed by atoms with van der Waals surface area (Å²) < 4.78 is 13.5. The maximum absolute atomic E-state index is 13.5. The van der Waals surface area contributed by atoms with E-state index in [1.165, 1.54) is 12.1 Å².